The molecule has 0 aromatic rings. The Bertz CT molecular complexity index is 336. The van der Waals surface area contributed by atoms with Gasteiger partial charge in [0.2, 0.25) is 5.54 Å². The molecule has 2 amide bonds. The van der Waals surface area contributed by atoms with Crippen LogP contribution in [0.15, 0.2) is 0 Å². The van der Waals surface area contributed by atoms with Crippen LogP contribution >= 0.6 is 0 Å². The van der Waals surface area contributed by atoms with E-state index in [0.717, 1.165) is 4.90 Å². The number of urea groups is 1. The number of carbonyl (C=O) groups is 2. The van der Waals surface area contributed by atoms with Crippen LogP contribution in [0.1, 0.15) is 13.3 Å². The van der Waals surface area contributed by atoms with E-state index in [1.54, 1.807) is 7.05 Å². The van der Waals surface area contributed by atoms with Crippen molar-refractivity contribution in [2.75, 3.05) is 27.2 Å². The number of carbonyl (C=O) groups excluding carboxylic acids is 1. The van der Waals surface area contributed by atoms with Crippen molar-refractivity contribution in [2.45, 2.75) is 25.1 Å². The number of hydrogen-bond acceptors (Lipinski definition) is 3. The van der Waals surface area contributed by atoms with Crippen LogP contribution in [0.5, 0.6) is 0 Å². The second-order valence-electron chi connectivity index (χ2n) is 4.24. The summed E-state index contributed by atoms with van der Waals surface area (Å²) in [5.41, 5.74) is -3.30. The average Bonchev–Trinajstić information content (AvgIpc) is 2.27. The van der Waals surface area contributed by atoms with Gasteiger partial charge in [0, 0.05) is 13.6 Å². The first kappa shape index (κ1) is 17.5. The number of rotatable bonds is 6. The van der Waals surface area contributed by atoms with Crippen LogP contribution < -0.4 is 10.6 Å². The molecule has 0 aliphatic heterocycles. The molecule has 0 spiro atoms. The highest BCUT2D eigenvalue weighted by molar-refractivity contribution is 5.86. The third kappa shape index (κ3) is 4.58. The summed E-state index contributed by atoms with van der Waals surface area (Å²) in [4.78, 5) is 23.3. The Labute approximate surface area is 108 Å². The fourth-order valence-electron chi connectivity index (χ4n) is 1.15. The van der Waals surface area contributed by atoms with E-state index in [9.17, 15) is 22.8 Å². The molecule has 0 radical (unpaired) electrons. The van der Waals surface area contributed by atoms with Gasteiger partial charge in [-0.15, -0.1) is 0 Å². The van der Waals surface area contributed by atoms with Crippen molar-refractivity contribution in [3.63, 3.8) is 0 Å². The average molecular weight is 285 g/mol. The molecule has 0 saturated carbocycles. The zero-order chi connectivity index (χ0) is 15.3. The van der Waals surface area contributed by atoms with Crippen molar-refractivity contribution in [2.24, 2.45) is 0 Å². The van der Waals surface area contributed by atoms with E-state index < -0.39 is 23.7 Å². The van der Waals surface area contributed by atoms with E-state index in [0.29, 0.717) is 19.9 Å². The van der Waals surface area contributed by atoms with Gasteiger partial charge in [-0.1, -0.05) is 0 Å². The highest BCUT2D eigenvalue weighted by atomic mass is 19.4. The summed E-state index contributed by atoms with van der Waals surface area (Å²) in [6.45, 7) is 1.21. The predicted molar refractivity (Wildman–Crippen MR) is 61.8 cm³/mol. The van der Waals surface area contributed by atoms with E-state index in [-0.39, 0.29) is 6.54 Å². The number of hydrogen-bond donors (Lipinski definition) is 3. The van der Waals surface area contributed by atoms with E-state index in [1.807, 2.05) is 0 Å². The van der Waals surface area contributed by atoms with Crippen LogP contribution in [-0.2, 0) is 4.79 Å². The maximum Gasteiger partial charge on any atom is 0.422 e. The molecule has 0 aromatic carbocycles. The molecule has 9 heteroatoms. The smallest absolute Gasteiger partial charge is 0.422 e. The van der Waals surface area contributed by atoms with Gasteiger partial charge in [0.05, 0.1) is 0 Å². The number of nitrogens with zero attached hydrogens (tertiary/aromatic N) is 1. The molecule has 0 rings (SSSR count). The Morgan fingerprint density at radius 2 is 1.84 bits per heavy atom. The number of nitrogens with one attached hydrogen (secondary N) is 2. The minimum absolute atomic E-state index is 0.209. The van der Waals surface area contributed by atoms with Gasteiger partial charge < -0.3 is 20.6 Å². The van der Waals surface area contributed by atoms with Gasteiger partial charge in [-0.3, -0.25) is 0 Å². The van der Waals surface area contributed by atoms with Gasteiger partial charge in [-0.25, -0.2) is 9.59 Å². The Balaban J connectivity index is 4.70. The molecule has 19 heavy (non-hydrogen) atoms. The molecule has 6 nitrogen and oxygen atoms in total. The molecule has 0 saturated heterocycles. The number of aliphatic carboxylic acids is 1. The molecule has 0 aliphatic carbocycles. The molecule has 1 atom stereocenters. The lowest BCUT2D eigenvalue weighted by atomic mass is 10.0. The molecule has 3 N–H and O–H groups in total. The molecule has 0 bridgehead atoms. The molecule has 112 valence electrons. The molecule has 1 unspecified atom stereocenters. The zero-order valence-corrected chi connectivity index (χ0v) is 11.0. The summed E-state index contributed by atoms with van der Waals surface area (Å²) in [5.74, 6) is -2.16. The Kier molecular flexibility index (Phi) is 6.07. The van der Waals surface area contributed by atoms with E-state index in [4.69, 9.17) is 5.11 Å². The summed E-state index contributed by atoms with van der Waals surface area (Å²) < 4.78 is 38.0. The second kappa shape index (κ2) is 6.60. The van der Waals surface area contributed by atoms with Gasteiger partial charge in [-0.05, 0) is 26.9 Å². The first-order chi connectivity index (χ1) is 8.56. The largest absolute Gasteiger partial charge is 0.479 e. The number of carboxylic acids is 1. The van der Waals surface area contributed by atoms with Crippen LogP contribution in [0.4, 0.5) is 18.0 Å². The predicted octanol–water partition coefficient (Wildman–Crippen LogP) is 0.643. The van der Waals surface area contributed by atoms with Crippen LogP contribution in [0.2, 0.25) is 0 Å². The topological polar surface area (TPSA) is 81.7 Å². The highest BCUT2D eigenvalue weighted by Crippen LogP contribution is 2.30. The number of amides is 2. The minimum Gasteiger partial charge on any atom is -0.479 e. The van der Waals surface area contributed by atoms with Crippen molar-refractivity contribution in [3.8, 4) is 0 Å². The first-order valence-corrected chi connectivity index (χ1v) is 5.54. The lowest BCUT2D eigenvalue weighted by Crippen LogP contribution is -2.63. The summed E-state index contributed by atoms with van der Waals surface area (Å²) >= 11 is 0. The summed E-state index contributed by atoms with van der Waals surface area (Å²) in [6, 6.07) is -1.08. The maximum atomic E-state index is 12.7. The Morgan fingerprint density at radius 3 is 2.21 bits per heavy atom. The van der Waals surface area contributed by atoms with Crippen molar-refractivity contribution >= 4 is 12.0 Å². The van der Waals surface area contributed by atoms with Crippen molar-refractivity contribution in [1.82, 2.24) is 15.5 Å². The summed E-state index contributed by atoms with van der Waals surface area (Å²) in [5, 5.41) is 13.0. The van der Waals surface area contributed by atoms with Crippen molar-refractivity contribution < 1.29 is 27.9 Å². The lowest BCUT2D eigenvalue weighted by molar-refractivity contribution is -0.203. The molecular weight excluding hydrogens is 267 g/mol. The second-order valence-corrected chi connectivity index (χ2v) is 4.24. The van der Waals surface area contributed by atoms with Gasteiger partial charge in [0.15, 0.2) is 0 Å². The van der Waals surface area contributed by atoms with Crippen LogP contribution in [0.3, 0.4) is 0 Å². The minimum atomic E-state index is -5.08. The van der Waals surface area contributed by atoms with E-state index in [1.165, 1.54) is 12.4 Å². The van der Waals surface area contributed by atoms with Crippen LogP contribution in [0.25, 0.3) is 0 Å². The normalized spacial score (nSPS) is 14.6. The lowest BCUT2D eigenvalue weighted by Gasteiger charge is -2.30. The highest BCUT2D eigenvalue weighted by Gasteiger charge is 2.58. The number of carboxylic acid groups (broad SMARTS) is 1. The van der Waals surface area contributed by atoms with Gasteiger partial charge in [-0.2, -0.15) is 13.2 Å². The fourth-order valence-corrected chi connectivity index (χ4v) is 1.15. The molecular formula is C10H18F3N3O3. The van der Waals surface area contributed by atoms with Crippen LogP contribution in [0, 0.1) is 0 Å². The monoisotopic (exact) mass is 285 g/mol. The van der Waals surface area contributed by atoms with Gasteiger partial charge >= 0.3 is 18.2 Å². The quantitative estimate of drug-likeness (QED) is 0.626. The van der Waals surface area contributed by atoms with E-state index in [2.05, 4.69) is 5.32 Å². The summed E-state index contributed by atoms with van der Waals surface area (Å²) in [6.07, 6.45) is -4.55. The molecule has 0 aromatic heterocycles. The SMILES string of the molecule is CNCCCN(C)C(=O)NC(C)(C(=O)O)C(F)(F)F. The third-order valence-electron chi connectivity index (χ3n) is 2.62. The van der Waals surface area contributed by atoms with Gasteiger partial charge in [0.1, 0.15) is 0 Å². The Morgan fingerprint density at radius 1 is 1.32 bits per heavy atom. The first-order valence-electron chi connectivity index (χ1n) is 5.54. The molecule has 0 fully saturated rings. The maximum absolute atomic E-state index is 12.7. The summed E-state index contributed by atoms with van der Waals surface area (Å²) in [7, 11) is 2.99. The Hall–Kier alpha value is -1.51. The van der Waals surface area contributed by atoms with Crippen LogP contribution in [-0.4, -0.2) is 60.9 Å². The zero-order valence-electron chi connectivity index (χ0n) is 11.0. The van der Waals surface area contributed by atoms with Crippen molar-refractivity contribution in [1.29, 1.82) is 0 Å². The third-order valence-corrected chi connectivity index (χ3v) is 2.62. The molecule has 0 heterocycles. The molecule has 0 aliphatic rings. The van der Waals surface area contributed by atoms with Crippen molar-refractivity contribution in [3.05, 3.63) is 0 Å². The number of halogens is 3. The number of alkyl halides is 3. The fraction of sp³-hybridized carbons (Fsp3) is 0.800. The van der Waals surface area contributed by atoms with E-state index >= 15 is 0 Å². The van der Waals surface area contributed by atoms with Gasteiger partial charge in [0.25, 0.3) is 0 Å². The standard InChI is InChI=1S/C10H18F3N3O3/c1-9(7(17)18,10(11,12)13)15-8(19)16(3)6-4-5-14-2/h14H,4-6H2,1-3H3,(H,15,19)(H,17,18).